The van der Waals surface area contributed by atoms with E-state index in [0.29, 0.717) is 5.41 Å². The first-order valence-electron chi connectivity index (χ1n) is 4.28. The molecule has 0 amide bonds. The van der Waals surface area contributed by atoms with Crippen LogP contribution in [-0.4, -0.2) is 11.5 Å². The number of thioether (sulfide) groups is 1. The van der Waals surface area contributed by atoms with Crippen molar-refractivity contribution >= 4 is 11.8 Å². The van der Waals surface area contributed by atoms with Crippen molar-refractivity contribution in [3.05, 3.63) is 0 Å². The summed E-state index contributed by atoms with van der Waals surface area (Å²) >= 11 is 2.01. The fourth-order valence-electron chi connectivity index (χ4n) is 1.15. The number of hydrogen-bond acceptors (Lipinski definition) is 2. The highest BCUT2D eigenvalue weighted by Crippen LogP contribution is 2.50. The number of nitrogens with zero attached hydrogens (tertiary/aromatic N) is 1. The van der Waals surface area contributed by atoms with Crippen LogP contribution in [0, 0.1) is 16.7 Å². The average Bonchev–Trinajstić information content (AvgIpc) is 2.71. The molecule has 0 heterocycles. The molecule has 1 aliphatic carbocycles. The van der Waals surface area contributed by atoms with Crippen LogP contribution in [0.15, 0.2) is 0 Å². The van der Waals surface area contributed by atoms with Crippen molar-refractivity contribution in [1.29, 1.82) is 5.26 Å². The molecule has 62 valence electrons. The van der Waals surface area contributed by atoms with Gasteiger partial charge in [0.25, 0.3) is 0 Å². The van der Waals surface area contributed by atoms with Crippen LogP contribution >= 0.6 is 11.8 Å². The van der Waals surface area contributed by atoms with Gasteiger partial charge in [0.1, 0.15) is 0 Å². The maximum absolute atomic E-state index is 8.54. The Morgan fingerprint density at radius 2 is 2.27 bits per heavy atom. The van der Waals surface area contributed by atoms with Gasteiger partial charge in [-0.1, -0.05) is 6.92 Å². The van der Waals surface area contributed by atoms with Crippen LogP contribution in [0.1, 0.15) is 32.6 Å². The van der Waals surface area contributed by atoms with Gasteiger partial charge in [-0.05, 0) is 36.2 Å². The Balaban J connectivity index is 2.10. The summed E-state index contributed by atoms with van der Waals surface area (Å²) in [5.41, 5.74) is 0.453. The van der Waals surface area contributed by atoms with E-state index >= 15 is 0 Å². The third-order valence-corrected chi connectivity index (χ3v) is 3.68. The lowest BCUT2D eigenvalue weighted by atomic mass is 10.1. The highest BCUT2D eigenvalue weighted by molar-refractivity contribution is 7.99. The van der Waals surface area contributed by atoms with Gasteiger partial charge in [0.15, 0.2) is 0 Å². The molecule has 1 saturated carbocycles. The molecule has 1 rings (SSSR count). The minimum Gasteiger partial charge on any atom is -0.198 e. The molecule has 0 spiro atoms. The number of hydrogen-bond donors (Lipinski definition) is 0. The molecule has 0 aliphatic heterocycles. The lowest BCUT2D eigenvalue weighted by molar-refractivity contribution is 0.604. The zero-order valence-corrected chi connectivity index (χ0v) is 7.91. The largest absolute Gasteiger partial charge is 0.198 e. The Labute approximate surface area is 73.2 Å². The van der Waals surface area contributed by atoms with Crippen LogP contribution in [-0.2, 0) is 0 Å². The maximum atomic E-state index is 8.54. The van der Waals surface area contributed by atoms with E-state index in [1.54, 1.807) is 0 Å². The second-order valence-electron chi connectivity index (χ2n) is 3.39. The van der Waals surface area contributed by atoms with Crippen molar-refractivity contribution in [3.8, 4) is 6.07 Å². The molecule has 11 heavy (non-hydrogen) atoms. The number of nitriles is 1. The Morgan fingerprint density at radius 3 is 2.73 bits per heavy atom. The highest BCUT2D eigenvalue weighted by Gasteiger charge is 2.41. The van der Waals surface area contributed by atoms with E-state index in [0.717, 1.165) is 6.42 Å². The SMILES string of the molecule is CCCSCC1(CC#N)CC1. The van der Waals surface area contributed by atoms with Crippen LogP contribution in [0.2, 0.25) is 0 Å². The van der Waals surface area contributed by atoms with Gasteiger partial charge in [-0.25, -0.2) is 0 Å². The smallest absolute Gasteiger partial charge is 0.0627 e. The lowest BCUT2D eigenvalue weighted by Crippen LogP contribution is -2.02. The van der Waals surface area contributed by atoms with Crippen LogP contribution < -0.4 is 0 Å². The van der Waals surface area contributed by atoms with Crippen molar-refractivity contribution < 1.29 is 0 Å². The summed E-state index contributed by atoms with van der Waals surface area (Å²) in [6.07, 6.45) is 4.62. The number of rotatable bonds is 5. The molecular weight excluding hydrogens is 154 g/mol. The summed E-state index contributed by atoms with van der Waals surface area (Å²) in [6, 6.07) is 2.28. The van der Waals surface area contributed by atoms with Gasteiger partial charge in [-0.3, -0.25) is 0 Å². The van der Waals surface area contributed by atoms with Crippen LogP contribution in [0.5, 0.6) is 0 Å². The first-order chi connectivity index (χ1) is 5.33. The predicted molar refractivity (Wildman–Crippen MR) is 49.5 cm³/mol. The van der Waals surface area contributed by atoms with Crippen molar-refractivity contribution in [2.24, 2.45) is 5.41 Å². The highest BCUT2D eigenvalue weighted by atomic mass is 32.2. The monoisotopic (exact) mass is 169 g/mol. The Morgan fingerprint density at radius 1 is 1.55 bits per heavy atom. The Hall–Kier alpha value is -0.160. The van der Waals surface area contributed by atoms with E-state index in [4.69, 9.17) is 5.26 Å². The molecule has 1 fully saturated rings. The first kappa shape index (κ1) is 8.93. The van der Waals surface area contributed by atoms with Crippen molar-refractivity contribution in [3.63, 3.8) is 0 Å². The van der Waals surface area contributed by atoms with Gasteiger partial charge in [0, 0.05) is 6.42 Å². The zero-order chi connectivity index (χ0) is 8.16. The second kappa shape index (κ2) is 4.01. The van der Waals surface area contributed by atoms with Crippen molar-refractivity contribution in [2.45, 2.75) is 32.6 Å². The van der Waals surface area contributed by atoms with Gasteiger partial charge < -0.3 is 0 Å². The van der Waals surface area contributed by atoms with Crippen molar-refractivity contribution in [1.82, 2.24) is 0 Å². The molecule has 0 atom stereocenters. The minimum absolute atomic E-state index is 0.453. The van der Waals surface area contributed by atoms with Crippen molar-refractivity contribution in [2.75, 3.05) is 11.5 Å². The molecule has 0 bridgehead atoms. The van der Waals surface area contributed by atoms with Gasteiger partial charge in [-0.15, -0.1) is 0 Å². The van der Waals surface area contributed by atoms with Gasteiger partial charge >= 0.3 is 0 Å². The van der Waals surface area contributed by atoms with Gasteiger partial charge in [0.2, 0.25) is 0 Å². The molecule has 1 aliphatic rings. The predicted octanol–water partition coefficient (Wildman–Crippen LogP) is 2.82. The fraction of sp³-hybridized carbons (Fsp3) is 0.889. The van der Waals surface area contributed by atoms with E-state index in [2.05, 4.69) is 13.0 Å². The van der Waals surface area contributed by atoms with E-state index in [-0.39, 0.29) is 0 Å². The average molecular weight is 169 g/mol. The van der Waals surface area contributed by atoms with E-state index in [1.165, 1.54) is 30.8 Å². The summed E-state index contributed by atoms with van der Waals surface area (Å²) in [7, 11) is 0. The molecular formula is C9H15NS. The van der Waals surface area contributed by atoms with E-state index in [9.17, 15) is 0 Å². The third-order valence-electron chi connectivity index (χ3n) is 2.17. The fourth-order valence-corrected chi connectivity index (χ4v) is 2.41. The second-order valence-corrected chi connectivity index (χ2v) is 4.49. The standard InChI is InChI=1S/C9H15NS/c1-2-7-11-8-9(3-4-9)5-6-10/h2-5,7-8H2,1H3. The first-order valence-corrected chi connectivity index (χ1v) is 5.43. The lowest BCUT2D eigenvalue weighted by Gasteiger charge is -2.08. The summed E-state index contributed by atoms with van der Waals surface area (Å²) in [5.74, 6) is 2.47. The summed E-state index contributed by atoms with van der Waals surface area (Å²) in [4.78, 5) is 0. The van der Waals surface area contributed by atoms with Crippen LogP contribution in [0.3, 0.4) is 0 Å². The van der Waals surface area contributed by atoms with Crippen LogP contribution in [0.25, 0.3) is 0 Å². The summed E-state index contributed by atoms with van der Waals surface area (Å²) < 4.78 is 0. The molecule has 0 aromatic rings. The summed E-state index contributed by atoms with van der Waals surface area (Å²) in [6.45, 7) is 2.21. The topological polar surface area (TPSA) is 23.8 Å². The van der Waals surface area contributed by atoms with E-state index in [1.807, 2.05) is 11.8 Å². The molecule has 0 aromatic carbocycles. The third kappa shape index (κ3) is 2.75. The molecule has 0 unspecified atom stereocenters. The normalized spacial score (nSPS) is 19.3. The molecule has 2 heteroatoms. The van der Waals surface area contributed by atoms with Gasteiger partial charge in [0.05, 0.1) is 6.07 Å². The molecule has 0 radical (unpaired) electrons. The van der Waals surface area contributed by atoms with E-state index < -0.39 is 0 Å². The van der Waals surface area contributed by atoms with Gasteiger partial charge in [-0.2, -0.15) is 17.0 Å². The minimum atomic E-state index is 0.453. The quantitative estimate of drug-likeness (QED) is 0.591. The summed E-state index contributed by atoms with van der Waals surface area (Å²) in [5, 5.41) is 8.54. The maximum Gasteiger partial charge on any atom is 0.0627 e. The molecule has 0 saturated heterocycles. The molecule has 1 nitrogen and oxygen atoms in total. The zero-order valence-electron chi connectivity index (χ0n) is 7.10. The Kier molecular flexibility index (Phi) is 3.26. The Bertz CT molecular complexity index is 155. The molecule has 0 aromatic heterocycles. The van der Waals surface area contributed by atoms with Crippen LogP contribution in [0.4, 0.5) is 0 Å². The molecule has 0 N–H and O–H groups in total.